The number of hydrogen-bond donors (Lipinski definition) is 2. The predicted molar refractivity (Wildman–Crippen MR) is 89.7 cm³/mol. The average Bonchev–Trinajstić information content (AvgIpc) is 2.57. The zero-order valence-electron chi connectivity index (χ0n) is 13.2. The van der Waals surface area contributed by atoms with Crippen molar-refractivity contribution in [3.05, 3.63) is 65.5 Å². The van der Waals surface area contributed by atoms with Gasteiger partial charge in [-0.15, -0.1) is 0 Å². The zero-order chi connectivity index (χ0) is 16.2. The molecule has 0 radical (unpaired) electrons. The Labute approximate surface area is 135 Å². The van der Waals surface area contributed by atoms with Gasteiger partial charge in [-0.25, -0.2) is 4.39 Å². The van der Waals surface area contributed by atoms with Crippen molar-refractivity contribution in [3.63, 3.8) is 0 Å². The molecule has 0 aliphatic heterocycles. The topological polar surface area (TPSA) is 41.1 Å². The molecule has 1 aliphatic rings. The number of amides is 1. The van der Waals surface area contributed by atoms with Gasteiger partial charge < -0.3 is 5.32 Å². The maximum atomic E-state index is 12.9. The number of aryl methyl sites for hydroxylation is 1. The van der Waals surface area contributed by atoms with Crippen LogP contribution in [0.5, 0.6) is 0 Å². The fourth-order valence-electron chi connectivity index (χ4n) is 3.09. The number of carbonyl (C=O) groups excluding carboxylic acids is 1. The Morgan fingerprint density at radius 3 is 2.70 bits per heavy atom. The van der Waals surface area contributed by atoms with Crippen LogP contribution in [-0.2, 0) is 11.2 Å². The smallest absolute Gasteiger partial charge is 0.241 e. The van der Waals surface area contributed by atoms with E-state index in [0.29, 0.717) is 5.69 Å². The summed E-state index contributed by atoms with van der Waals surface area (Å²) in [4.78, 5) is 12.3. The third kappa shape index (κ3) is 3.77. The molecule has 4 heteroatoms. The molecule has 2 N–H and O–H groups in total. The number of fused-ring (bicyclic) bond motifs is 1. The van der Waals surface area contributed by atoms with Crippen molar-refractivity contribution in [1.29, 1.82) is 0 Å². The molecule has 3 nitrogen and oxygen atoms in total. The molecule has 0 unspecified atom stereocenters. The van der Waals surface area contributed by atoms with E-state index in [1.807, 2.05) is 13.0 Å². The van der Waals surface area contributed by atoms with E-state index >= 15 is 0 Å². The summed E-state index contributed by atoms with van der Waals surface area (Å²) in [6, 6.07) is 14.1. The Bertz CT molecular complexity index is 684. The first-order valence-electron chi connectivity index (χ1n) is 8.04. The Kier molecular flexibility index (Phi) is 4.72. The highest BCUT2D eigenvalue weighted by Crippen LogP contribution is 2.29. The number of nitrogens with one attached hydrogen (secondary N) is 2. The normalized spacial score (nSPS) is 18.1. The van der Waals surface area contributed by atoms with Crippen molar-refractivity contribution < 1.29 is 9.18 Å². The van der Waals surface area contributed by atoms with Gasteiger partial charge >= 0.3 is 0 Å². The molecule has 3 rings (SSSR count). The van der Waals surface area contributed by atoms with Gasteiger partial charge in [0, 0.05) is 11.7 Å². The minimum Gasteiger partial charge on any atom is -0.325 e. The largest absolute Gasteiger partial charge is 0.325 e. The molecule has 2 aromatic rings. The van der Waals surface area contributed by atoms with Gasteiger partial charge in [-0.1, -0.05) is 24.3 Å². The lowest BCUT2D eigenvalue weighted by atomic mass is 9.87. The van der Waals surface area contributed by atoms with E-state index in [2.05, 4.69) is 28.8 Å². The second-order valence-corrected chi connectivity index (χ2v) is 6.03. The molecular weight excluding hydrogens is 291 g/mol. The Morgan fingerprint density at radius 1 is 1.17 bits per heavy atom. The Morgan fingerprint density at radius 2 is 1.91 bits per heavy atom. The van der Waals surface area contributed by atoms with Gasteiger partial charge in [0.2, 0.25) is 5.91 Å². The molecule has 120 valence electrons. The molecule has 0 saturated heterocycles. The van der Waals surface area contributed by atoms with Crippen molar-refractivity contribution in [2.45, 2.75) is 38.3 Å². The summed E-state index contributed by atoms with van der Waals surface area (Å²) in [7, 11) is 0. The van der Waals surface area contributed by atoms with Crippen LogP contribution >= 0.6 is 0 Å². The fourth-order valence-corrected chi connectivity index (χ4v) is 3.09. The first-order chi connectivity index (χ1) is 11.1. The Hall–Kier alpha value is -2.20. The minimum atomic E-state index is -0.323. The second kappa shape index (κ2) is 6.92. The summed E-state index contributed by atoms with van der Waals surface area (Å²) in [6.45, 7) is 1.86. The fraction of sp³-hybridized carbons (Fsp3) is 0.316. The first kappa shape index (κ1) is 15.7. The zero-order valence-corrected chi connectivity index (χ0v) is 13.2. The van der Waals surface area contributed by atoms with E-state index in [4.69, 9.17) is 0 Å². The maximum Gasteiger partial charge on any atom is 0.241 e. The highest BCUT2D eigenvalue weighted by Gasteiger charge is 2.23. The summed E-state index contributed by atoms with van der Waals surface area (Å²) in [5.74, 6) is -0.423. The molecule has 0 heterocycles. The van der Waals surface area contributed by atoms with E-state index in [9.17, 15) is 9.18 Å². The van der Waals surface area contributed by atoms with E-state index in [0.717, 1.165) is 19.3 Å². The van der Waals surface area contributed by atoms with Crippen molar-refractivity contribution in [1.82, 2.24) is 5.32 Å². The van der Waals surface area contributed by atoms with Crippen LogP contribution in [0.2, 0.25) is 0 Å². The van der Waals surface area contributed by atoms with Gasteiger partial charge in [0.05, 0.1) is 6.04 Å². The number of carbonyl (C=O) groups is 1. The van der Waals surface area contributed by atoms with Gasteiger partial charge in [-0.2, -0.15) is 0 Å². The number of rotatable bonds is 4. The van der Waals surface area contributed by atoms with Crippen molar-refractivity contribution >= 4 is 11.6 Å². The van der Waals surface area contributed by atoms with Crippen molar-refractivity contribution in [2.75, 3.05) is 5.32 Å². The van der Waals surface area contributed by atoms with Crippen LogP contribution in [0.3, 0.4) is 0 Å². The van der Waals surface area contributed by atoms with Crippen molar-refractivity contribution in [2.24, 2.45) is 0 Å². The molecule has 2 aromatic carbocycles. The molecule has 1 amide bonds. The highest BCUT2D eigenvalue weighted by molar-refractivity contribution is 5.94. The molecular formula is C19H21FN2O. The molecule has 2 atom stereocenters. The molecule has 23 heavy (non-hydrogen) atoms. The minimum absolute atomic E-state index is 0.111. The van der Waals surface area contributed by atoms with Crippen LogP contribution in [0.25, 0.3) is 0 Å². The monoisotopic (exact) mass is 312 g/mol. The van der Waals surface area contributed by atoms with E-state index in [1.165, 1.54) is 23.3 Å². The summed E-state index contributed by atoms with van der Waals surface area (Å²) >= 11 is 0. The van der Waals surface area contributed by atoms with E-state index in [-0.39, 0.29) is 23.8 Å². The van der Waals surface area contributed by atoms with E-state index < -0.39 is 0 Å². The van der Waals surface area contributed by atoms with Crippen LogP contribution in [0.15, 0.2) is 48.5 Å². The summed E-state index contributed by atoms with van der Waals surface area (Å²) < 4.78 is 12.9. The van der Waals surface area contributed by atoms with Gasteiger partial charge in [0.15, 0.2) is 0 Å². The lowest BCUT2D eigenvalue weighted by Gasteiger charge is -2.28. The molecule has 0 aromatic heterocycles. The maximum absolute atomic E-state index is 12.9. The van der Waals surface area contributed by atoms with Gasteiger partial charge in [-0.3, -0.25) is 10.1 Å². The van der Waals surface area contributed by atoms with Crippen LogP contribution in [0, 0.1) is 5.82 Å². The van der Waals surface area contributed by atoms with Gasteiger partial charge in [-0.05, 0) is 61.6 Å². The third-order valence-electron chi connectivity index (χ3n) is 4.33. The quantitative estimate of drug-likeness (QED) is 0.901. The molecule has 0 fully saturated rings. The summed E-state index contributed by atoms with van der Waals surface area (Å²) in [6.07, 6.45) is 3.26. The molecule has 0 bridgehead atoms. The average molecular weight is 312 g/mol. The number of benzene rings is 2. The van der Waals surface area contributed by atoms with Crippen LogP contribution in [0.4, 0.5) is 10.1 Å². The summed E-state index contributed by atoms with van der Waals surface area (Å²) in [5.41, 5.74) is 3.26. The molecule has 1 aliphatic carbocycles. The molecule has 0 spiro atoms. The Balaban J connectivity index is 1.64. The number of anilines is 1. The lowest BCUT2D eigenvalue weighted by molar-refractivity contribution is -0.118. The highest BCUT2D eigenvalue weighted by atomic mass is 19.1. The van der Waals surface area contributed by atoms with Crippen LogP contribution in [0.1, 0.15) is 36.9 Å². The second-order valence-electron chi connectivity index (χ2n) is 6.03. The number of hydrogen-bond acceptors (Lipinski definition) is 2. The van der Waals surface area contributed by atoms with Crippen LogP contribution < -0.4 is 10.6 Å². The van der Waals surface area contributed by atoms with Gasteiger partial charge in [0.1, 0.15) is 5.82 Å². The SMILES string of the molecule is C[C@@H](N[C@@H]1CCCc2ccccc21)C(=O)Nc1ccc(F)cc1. The standard InChI is InChI=1S/C19H21FN2O/c1-13(19(23)22-16-11-9-15(20)10-12-16)21-18-8-4-6-14-5-2-3-7-17(14)18/h2-3,5,7,9-13,18,21H,4,6,8H2,1H3,(H,22,23)/t13-,18-/m1/s1. The first-order valence-corrected chi connectivity index (χ1v) is 8.04. The predicted octanol–water partition coefficient (Wildman–Crippen LogP) is 3.82. The van der Waals surface area contributed by atoms with Gasteiger partial charge in [0.25, 0.3) is 0 Å². The summed E-state index contributed by atoms with van der Waals surface area (Å²) in [5, 5.41) is 6.23. The van der Waals surface area contributed by atoms with Crippen molar-refractivity contribution in [3.8, 4) is 0 Å². The lowest BCUT2D eigenvalue weighted by Crippen LogP contribution is -2.41. The van der Waals surface area contributed by atoms with Crippen LogP contribution in [-0.4, -0.2) is 11.9 Å². The van der Waals surface area contributed by atoms with E-state index in [1.54, 1.807) is 12.1 Å². The third-order valence-corrected chi connectivity index (χ3v) is 4.33. The molecule has 0 saturated carbocycles. The number of halogens is 1.